The molecule has 5 N–H and O–H groups in total. The summed E-state index contributed by atoms with van der Waals surface area (Å²) in [5.41, 5.74) is 5.94. The van der Waals surface area contributed by atoms with Gasteiger partial charge in [0.2, 0.25) is 0 Å². The van der Waals surface area contributed by atoms with E-state index in [2.05, 4.69) is 26.3 Å². The van der Waals surface area contributed by atoms with Gasteiger partial charge < -0.3 is 26.3 Å². The molecule has 0 unspecified atom stereocenters. The number of H-pyrrole nitrogens is 1. The standard InChI is InChI=1S/C49H33ClN6O4/c50-43-41(55-47(58)33-19-25-36(26-20-33)53-49(60)40-14-6-10-30-8-2-4-12-38(30)40)27-28-42-44(43)56-45(54-42)31-15-21-34(22-16-31)51-46(57)32-17-23-35(24-18-32)52-48(59)39-13-5-9-29-7-1-3-11-37(29)39/h1-28H,(H,51,57)(H,52,59)(H,53,60)(H,54,56)(H,55,58). The second-order valence-corrected chi connectivity index (χ2v) is 14.4. The van der Waals surface area contributed by atoms with E-state index in [1.165, 1.54) is 0 Å². The number of aromatic nitrogens is 2. The first-order valence-corrected chi connectivity index (χ1v) is 19.3. The van der Waals surface area contributed by atoms with Crippen LogP contribution in [0.2, 0.25) is 5.02 Å². The molecule has 0 aliphatic heterocycles. The number of amides is 4. The molecule has 0 atom stereocenters. The predicted octanol–water partition coefficient (Wildman–Crippen LogP) is 11.2. The molecule has 11 heteroatoms. The van der Waals surface area contributed by atoms with Crippen molar-refractivity contribution in [2.75, 3.05) is 21.3 Å². The average molecular weight is 805 g/mol. The molecule has 10 nitrogen and oxygen atoms in total. The number of carbonyl (C=O) groups is 4. The van der Waals surface area contributed by atoms with Crippen molar-refractivity contribution in [2.24, 2.45) is 0 Å². The van der Waals surface area contributed by atoms with Gasteiger partial charge in [0, 0.05) is 44.9 Å². The van der Waals surface area contributed by atoms with Crippen LogP contribution in [0.15, 0.2) is 170 Å². The van der Waals surface area contributed by atoms with E-state index in [1.807, 2.05) is 84.9 Å². The highest BCUT2D eigenvalue weighted by Gasteiger charge is 2.17. The number of rotatable bonds is 9. The van der Waals surface area contributed by atoms with Crippen LogP contribution in [0.4, 0.5) is 22.7 Å². The molecule has 9 aromatic rings. The van der Waals surface area contributed by atoms with Crippen LogP contribution in [0.25, 0.3) is 44.0 Å². The summed E-state index contributed by atoms with van der Waals surface area (Å²) >= 11 is 6.78. The van der Waals surface area contributed by atoms with Crippen molar-refractivity contribution >= 4 is 90.6 Å². The maximum Gasteiger partial charge on any atom is 0.256 e. The Morgan fingerprint density at radius 2 is 0.900 bits per heavy atom. The Bertz CT molecular complexity index is 3120. The summed E-state index contributed by atoms with van der Waals surface area (Å²) in [7, 11) is 0. The fourth-order valence-corrected chi connectivity index (χ4v) is 7.30. The molecule has 1 heterocycles. The van der Waals surface area contributed by atoms with Gasteiger partial charge >= 0.3 is 0 Å². The van der Waals surface area contributed by atoms with Crippen LogP contribution in [0.5, 0.6) is 0 Å². The number of halogens is 1. The fourth-order valence-electron chi connectivity index (χ4n) is 7.04. The normalized spacial score (nSPS) is 11.0. The second kappa shape index (κ2) is 16.0. The van der Waals surface area contributed by atoms with Crippen LogP contribution in [0, 0.1) is 0 Å². The molecule has 0 spiro atoms. The lowest BCUT2D eigenvalue weighted by atomic mass is 10.0. The maximum absolute atomic E-state index is 13.2. The summed E-state index contributed by atoms with van der Waals surface area (Å²) < 4.78 is 0. The van der Waals surface area contributed by atoms with Crippen LogP contribution in [0.1, 0.15) is 41.4 Å². The van der Waals surface area contributed by atoms with Crippen LogP contribution in [0.3, 0.4) is 0 Å². The Labute approximate surface area is 348 Å². The predicted molar refractivity (Wildman–Crippen MR) is 239 cm³/mol. The molecule has 4 amide bonds. The highest BCUT2D eigenvalue weighted by molar-refractivity contribution is 6.38. The molecule has 0 aliphatic rings. The van der Waals surface area contributed by atoms with Crippen LogP contribution < -0.4 is 21.3 Å². The first kappa shape index (κ1) is 37.5. The third-order valence-electron chi connectivity index (χ3n) is 10.1. The minimum Gasteiger partial charge on any atom is -0.337 e. The van der Waals surface area contributed by atoms with E-state index >= 15 is 0 Å². The van der Waals surface area contributed by atoms with Crippen molar-refractivity contribution in [3.05, 3.63) is 197 Å². The molecule has 0 saturated carbocycles. The van der Waals surface area contributed by atoms with Gasteiger partial charge in [0.25, 0.3) is 23.6 Å². The molecule has 1 aromatic heterocycles. The Hall–Kier alpha value is -8.08. The molecule has 0 aliphatic carbocycles. The van der Waals surface area contributed by atoms with Crippen molar-refractivity contribution in [3.8, 4) is 11.4 Å². The van der Waals surface area contributed by atoms with Gasteiger partial charge in [-0.15, -0.1) is 0 Å². The Balaban J connectivity index is 0.816. The quantitative estimate of drug-likeness (QED) is 0.0986. The SMILES string of the molecule is O=C(Nc1ccc(-c2nc3ccc(NC(=O)c4ccc(NC(=O)c5cccc6ccccc56)cc4)c(Cl)c3[nH]2)cc1)c1ccc(NC(=O)c2cccc3ccccc23)cc1. The minimum atomic E-state index is -0.375. The van der Waals surface area contributed by atoms with Crippen molar-refractivity contribution in [3.63, 3.8) is 0 Å². The smallest absolute Gasteiger partial charge is 0.256 e. The van der Waals surface area contributed by atoms with E-state index in [9.17, 15) is 19.2 Å². The number of carbonyl (C=O) groups excluding carboxylic acids is 4. The van der Waals surface area contributed by atoms with E-state index in [0.29, 0.717) is 66.9 Å². The van der Waals surface area contributed by atoms with Gasteiger partial charge in [-0.05, 0) is 119 Å². The molecule has 0 radical (unpaired) electrons. The number of nitrogens with one attached hydrogen (secondary N) is 5. The zero-order chi connectivity index (χ0) is 41.2. The summed E-state index contributed by atoms with van der Waals surface area (Å²) in [6.07, 6.45) is 0. The number of hydrogen-bond donors (Lipinski definition) is 5. The summed E-state index contributed by atoms with van der Waals surface area (Å²) in [6, 6.07) is 50.5. The second-order valence-electron chi connectivity index (χ2n) is 14.0. The van der Waals surface area contributed by atoms with E-state index in [-0.39, 0.29) is 23.6 Å². The molecular formula is C49H33ClN6O4. The van der Waals surface area contributed by atoms with Crippen LogP contribution in [-0.4, -0.2) is 33.6 Å². The lowest BCUT2D eigenvalue weighted by Crippen LogP contribution is -2.14. The number of imidazole rings is 1. The number of benzene rings is 8. The highest BCUT2D eigenvalue weighted by Crippen LogP contribution is 2.33. The van der Waals surface area contributed by atoms with Gasteiger partial charge in [-0.3, -0.25) is 19.2 Å². The van der Waals surface area contributed by atoms with E-state index in [0.717, 1.165) is 27.1 Å². The molecule has 60 heavy (non-hydrogen) atoms. The van der Waals surface area contributed by atoms with E-state index < -0.39 is 0 Å². The first-order chi connectivity index (χ1) is 29.3. The van der Waals surface area contributed by atoms with Gasteiger partial charge in [0.15, 0.2) is 0 Å². The molecular weight excluding hydrogens is 772 g/mol. The molecule has 9 rings (SSSR count). The van der Waals surface area contributed by atoms with Crippen molar-refractivity contribution in [1.82, 2.24) is 9.97 Å². The number of hydrogen-bond acceptors (Lipinski definition) is 5. The molecule has 0 bridgehead atoms. The van der Waals surface area contributed by atoms with Crippen LogP contribution in [-0.2, 0) is 0 Å². The van der Waals surface area contributed by atoms with Gasteiger partial charge in [0.05, 0.1) is 21.7 Å². The lowest BCUT2D eigenvalue weighted by Gasteiger charge is -2.10. The topological polar surface area (TPSA) is 145 Å². The van der Waals surface area contributed by atoms with Crippen LogP contribution >= 0.6 is 11.6 Å². The third kappa shape index (κ3) is 7.66. The zero-order valence-electron chi connectivity index (χ0n) is 31.6. The monoisotopic (exact) mass is 804 g/mol. The van der Waals surface area contributed by atoms with Gasteiger partial charge in [-0.1, -0.05) is 84.4 Å². The Morgan fingerprint density at radius 1 is 0.450 bits per heavy atom. The third-order valence-corrected chi connectivity index (χ3v) is 10.5. The Kier molecular flexibility index (Phi) is 10.0. The summed E-state index contributed by atoms with van der Waals surface area (Å²) in [6.45, 7) is 0. The number of aromatic amines is 1. The van der Waals surface area contributed by atoms with Gasteiger partial charge in [0.1, 0.15) is 5.82 Å². The lowest BCUT2D eigenvalue weighted by molar-refractivity contribution is 0.101. The molecule has 290 valence electrons. The molecule has 0 fully saturated rings. The number of nitrogens with zero attached hydrogens (tertiary/aromatic N) is 1. The largest absolute Gasteiger partial charge is 0.337 e. The summed E-state index contributed by atoms with van der Waals surface area (Å²) in [4.78, 5) is 60.4. The molecule has 8 aromatic carbocycles. The van der Waals surface area contributed by atoms with E-state index in [1.54, 1.807) is 84.9 Å². The number of anilines is 4. The van der Waals surface area contributed by atoms with Crippen molar-refractivity contribution in [1.29, 1.82) is 0 Å². The Morgan fingerprint density at radius 3 is 1.43 bits per heavy atom. The first-order valence-electron chi connectivity index (χ1n) is 19.0. The molecule has 0 saturated heterocycles. The van der Waals surface area contributed by atoms with Crippen molar-refractivity contribution in [2.45, 2.75) is 0 Å². The van der Waals surface area contributed by atoms with Gasteiger partial charge in [-0.2, -0.15) is 0 Å². The highest BCUT2D eigenvalue weighted by atomic mass is 35.5. The average Bonchev–Trinajstić information content (AvgIpc) is 3.73. The summed E-state index contributed by atoms with van der Waals surface area (Å²) in [5, 5.41) is 15.6. The maximum atomic E-state index is 13.2. The number of fused-ring (bicyclic) bond motifs is 3. The summed E-state index contributed by atoms with van der Waals surface area (Å²) in [5.74, 6) is -0.607. The van der Waals surface area contributed by atoms with Gasteiger partial charge in [-0.25, -0.2) is 4.98 Å². The minimum absolute atomic E-state index is 0.233. The van der Waals surface area contributed by atoms with E-state index in [4.69, 9.17) is 16.6 Å². The zero-order valence-corrected chi connectivity index (χ0v) is 32.4. The fraction of sp³-hybridized carbons (Fsp3) is 0. The van der Waals surface area contributed by atoms with Crippen molar-refractivity contribution < 1.29 is 19.2 Å².